The van der Waals surface area contributed by atoms with Gasteiger partial charge in [-0.05, 0) is 49.3 Å². The number of anilines is 1. The standard InChI is InChI=1S/C18H23N3O4S2/c1-13-5-3-9-20(12-13)27(24,25)15-7-8-16(17(11-15)21(22)23)19-14(2)18-6-4-10-26-18/h4,6-8,10-11,13-14,19H,3,5,9,12H2,1-2H3/t13-,14+/m1/s1. The first-order chi connectivity index (χ1) is 12.8. The van der Waals surface area contributed by atoms with Crippen LogP contribution in [-0.4, -0.2) is 30.7 Å². The topological polar surface area (TPSA) is 92.6 Å². The zero-order valence-electron chi connectivity index (χ0n) is 15.3. The second kappa shape index (κ2) is 7.95. The predicted molar refractivity (Wildman–Crippen MR) is 107 cm³/mol. The summed E-state index contributed by atoms with van der Waals surface area (Å²) >= 11 is 1.56. The minimum absolute atomic E-state index is 0.0300. The van der Waals surface area contributed by atoms with E-state index < -0.39 is 14.9 Å². The van der Waals surface area contributed by atoms with Gasteiger partial charge in [0.1, 0.15) is 5.69 Å². The molecule has 0 unspecified atom stereocenters. The van der Waals surface area contributed by atoms with Crippen LogP contribution in [0.2, 0.25) is 0 Å². The van der Waals surface area contributed by atoms with Crippen LogP contribution >= 0.6 is 11.3 Å². The first kappa shape index (κ1) is 19.8. The number of sulfonamides is 1. The molecule has 2 atom stereocenters. The van der Waals surface area contributed by atoms with Crippen molar-refractivity contribution in [2.45, 2.75) is 37.6 Å². The van der Waals surface area contributed by atoms with E-state index >= 15 is 0 Å². The van der Waals surface area contributed by atoms with Gasteiger partial charge in [-0.15, -0.1) is 11.3 Å². The lowest BCUT2D eigenvalue weighted by Crippen LogP contribution is -2.39. The molecule has 0 spiro atoms. The number of hydrogen-bond acceptors (Lipinski definition) is 6. The van der Waals surface area contributed by atoms with Crippen LogP contribution in [0.5, 0.6) is 0 Å². The molecule has 7 nitrogen and oxygen atoms in total. The molecule has 2 heterocycles. The molecule has 1 N–H and O–H groups in total. The Bertz CT molecular complexity index is 913. The zero-order chi connectivity index (χ0) is 19.6. The van der Waals surface area contributed by atoms with Gasteiger partial charge in [0, 0.05) is 24.0 Å². The van der Waals surface area contributed by atoms with Gasteiger partial charge in [-0.3, -0.25) is 10.1 Å². The smallest absolute Gasteiger partial charge is 0.293 e. The molecule has 1 aliphatic rings. The molecule has 0 bridgehead atoms. The Hall–Kier alpha value is -1.97. The first-order valence-electron chi connectivity index (χ1n) is 8.87. The van der Waals surface area contributed by atoms with Gasteiger partial charge in [0.2, 0.25) is 10.0 Å². The van der Waals surface area contributed by atoms with Gasteiger partial charge in [0.25, 0.3) is 5.69 Å². The number of nitro benzene ring substituents is 1. The summed E-state index contributed by atoms with van der Waals surface area (Å²) in [6, 6.07) is 7.85. The molecule has 1 aliphatic heterocycles. The maximum absolute atomic E-state index is 12.9. The Kier molecular flexibility index (Phi) is 5.83. The summed E-state index contributed by atoms with van der Waals surface area (Å²) in [5.74, 6) is 0.288. The number of hydrogen-bond donors (Lipinski definition) is 1. The zero-order valence-corrected chi connectivity index (χ0v) is 16.9. The highest BCUT2D eigenvalue weighted by Gasteiger charge is 2.30. The molecule has 0 amide bonds. The van der Waals surface area contributed by atoms with Crippen molar-refractivity contribution in [3.63, 3.8) is 0 Å². The van der Waals surface area contributed by atoms with E-state index in [4.69, 9.17) is 0 Å². The lowest BCUT2D eigenvalue weighted by atomic mass is 10.0. The third-order valence-corrected chi connectivity index (χ3v) is 7.68. The maximum Gasteiger partial charge on any atom is 0.293 e. The summed E-state index contributed by atoms with van der Waals surface area (Å²) in [5.41, 5.74) is 0.0800. The highest BCUT2D eigenvalue weighted by atomic mass is 32.2. The lowest BCUT2D eigenvalue weighted by molar-refractivity contribution is -0.384. The second-order valence-corrected chi connectivity index (χ2v) is 9.85. The molecular weight excluding hydrogens is 386 g/mol. The van der Waals surface area contributed by atoms with Gasteiger partial charge in [-0.2, -0.15) is 4.31 Å². The molecule has 2 aromatic rings. The number of rotatable bonds is 6. The van der Waals surface area contributed by atoms with Crippen molar-refractivity contribution >= 4 is 32.7 Å². The van der Waals surface area contributed by atoms with Crippen LogP contribution < -0.4 is 5.32 Å². The van der Waals surface area contributed by atoms with Crippen molar-refractivity contribution in [1.29, 1.82) is 0 Å². The third kappa shape index (κ3) is 4.31. The van der Waals surface area contributed by atoms with Crippen molar-refractivity contribution in [1.82, 2.24) is 4.31 Å². The van der Waals surface area contributed by atoms with E-state index in [9.17, 15) is 18.5 Å². The number of nitro groups is 1. The molecule has 9 heteroatoms. The Morgan fingerprint density at radius 2 is 2.15 bits per heavy atom. The molecule has 27 heavy (non-hydrogen) atoms. The van der Waals surface area contributed by atoms with E-state index in [0.29, 0.717) is 18.8 Å². The fraction of sp³-hybridized carbons (Fsp3) is 0.444. The first-order valence-corrected chi connectivity index (χ1v) is 11.2. The van der Waals surface area contributed by atoms with E-state index in [1.807, 2.05) is 31.4 Å². The Morgan fingerprint density at radius 1 is 1.37 bits per heavy atom. The van der Waals surface area contributed by atoms with E-state index in [1.165, 1.54) is 16.4 Å². The number of nitrogens with one attached hydrogen (secondary N) is 1. The molecule has 1 aromatic carbocycles. The van der Waals surface area contributed by atoms with Gasteiger partial charge in [-0.1, -0.05) is 13.0 Å². The average molecular weight is 410 g/mol. The minimum Gasteiger partial charge on any atom is -0.372 e. The summed E-state index contributed by atoms with van der Waals surface area (Å²) in [4.78, 5) is 12.0. The fourth-order valence-corrected chi connectivity index (χ4v) is 5.65. The van der Waals surface area contributed by atoms with E-state index in [1.54, 1.807) is 11.3 Å². The van der Waals surface area contributed by atoms with Crippen LogP contribution in [0.4, 0.5) is 11.4 Å². The summed E-state index contributed by atoms with van der Waals surface area (Å²) in [7, 11) is -3.74. The van der Waals surface area contributed by atoms with Gasteiger partial charge >= 0.3 is 0 Å². The van der Waals surface area contributed by atoms with Gasteiger partial charge in [0.15, 0.2) is 0 Å². The number of thiophene rings is 1. The lowest BCUT2D eigenvalue weighted by Gasteiger charge is -2.30. The van der Waals surface area contributed by atoms with Crippen LogP contribution in [0.3, 0.4) is 0 Å². The summed E-state index contributed by atoms with van der Waals surface area (Å²) < 4.78 is 27.3. The van der Waals surface area contributed by atoms with Gasteiger partial charge in [-0.25, -0.2) is 8.42 Å². The van der Waals surface area contributed by atoms with Gasteiger partial charge < -0.3 is 5.32 Å². The molecular formula is C18H23N3O4S2. The van der Waals surface area contributed by atoms with E-state index in [0.717, 1.165) is 23.8 Å². The Labute approximate surface area is 163 Å². The molecule has 0 aliphatic carbocycles. The Morgan fingerprint density at radius 3 is 2.78 bits per heavy atom. The molecule has 0 saturated carbocycles. The monoisotopic (exact) mass is 409 g/mol. The maximum atomic E-state index is 12.9. The van der Waals surface area contributed by atoms with E-state index in [2.05, 4.69) is 5.32 Å². The summed E-state index contributed by atoms with van der Waals surface area (Å²) in [6.45, 7) is 4.83. The Balaban J connectivity index is 1.90. The van der Waals surface area contributed by atoms with Crippen molar-refractivity contribution in [2.75, 3.05) is 18.4 Å². The SMILES string of the molecule is C[C@@H]1CCCN(S(=O)(=O)c2ccc(N[C@@H](C)c3cccs3)c([N+](=O)[O-])c2)C1. The van der Waals surface area contributed by atoms with Crippen molar-refractivity contribution in [2.24, 2.45) is 5.92 Å². The molecule has 1 fully saturated rings. The van der Waals surface area contributed by atoms with Crippen LogP contribution in [-0.2, 0) is 10.0 Å². The second-order valence-electron chi connectivity index (χ2n) is 6.93. The largest absolute Gasteiger partial charge is 0.372 e. The fourth-order valence-electron chi connectivity index (χ4n) is 3.30. The third-order valence-electron chi connectivity index (χ3n) is 4.77. The van der Waals surface area contributed by atoms with Gasteiger partial charge in [0.05, 0.1) is 15.9 Å². The quantitative estimate of drug-likeness (QED) is 0.569. The van der Waals surface area contributed by atoms with Crippen molar-refractivity contribution in [3.05, 3.63) is 50.7 Å². The van der Waals surface area contributed by atoms with Crippen LogP contribution in [0.15, 0.2) is 40.6 Å². The number of piperidine rings is 1. The summed E-state index contributed by atoms with van der Waals surface area (Å²) in [5, 5.41) is 16.6. The highest BCUT2D eigenvalue weighted by molar-refractivity contribution is 7.89. The number of nitrogens with zero attached hydrogens (tertiary/aromatic N) is 2. The number of benzene rings is 1. The highest BCUT2D eigenvalue weighted by Crippen LogP contribution is 2.33. The van der Waals surface area contributed by atoms with Crippen LogP contribution in [0.1, 0.15) is 37.6 Å². The normalized spacial score (nSPS) is 19.6. The minimum atomic E-state index is -3.74. The molecule has 0 radical (unpaired) electrons. The van der Waals surface area contributed by atoms with Crippen molar-refractivity contribution in [3.8, 4) is 0 Å². The van der Waals surface area contributed by atoms with Crippen LogP contribution in [0.25, 0.3) is 0 Å². The molecule has 1 aromatic heterocycles. The molecule has 146 valence electrons. The molecule has 3 rings (SSSR count). The molecule has 1 saturated heterocycles. The van der Waals surface area contributed by atoms with Crippen LogP contribution in [0, 0.1) is 16.0 Å². The van der Waals surface area contributed by atoms with Crippen molar-refractivity contribution < 1.29 is 13.3 Å². The predicted octanol–water partition coefficient (Wildman–Crippen LogP) is 4.25. The van der Waals surface area contributed by atoms with E-state index in [-0.39, 0.29) is 22.5 Å². The average Bonchev–Trinajstić information content (AvgIpc) is 3.16. The summed E-state index contributed by atoms with van der Waals surface area (Å²) in [6.07, 6.45) is 1.80.